The van der Waals surface area contributed by atoms with Gasteiger partial charge in [0.15, 0.2) is 0 Å². The second-order valence-corrected chi connectivity index (χ2v) is 10.2. The summed E-state index contributed by atoms with van der Waals surface area (Å²) in [4.78, 5) is 31.3. The normalized spacial score (nSPS) is 18.0. The van der Waals surface area contributed by atoms with Gasteiger partial charge in [-0.25, -0.2) is 9.88 Å². The van der Waals surface area contributed by atoms with Crippen LogP contribution in [-0.2, 0) is 15.8 Å². The van der Waals surface area contributed by atoms with Gasteiger partial charge in [-0.05, 0) is 54.8 Å². The van der Waals surface area contributed by atoms with E-state index < -0.39 is 28.8 Å². The largest absolute Gasteiger partial charge is 0.416 e. The lowest BCUT2D eigenvalue weighted by Crippen LogP contribution is -2.31. The van der Waals surface area contributed by atoms with Crippen molar-refractivity contribution in [3.05, 3.63) is 76.4 Å². The molecule has 1 saturated heterocycles. The highest BCUT2D eigenvalue weighted by Gasteiger charge is 2.42. The first kappa shape index (κ1) is 24.3. The third-order valence-corrected chi connectivity index (χ3v) is 7.48. The number of rotatable bonds is 5. The van der Waals surface area contributed by atoms with E-state index in [2.05, 4.69) is 11.1 Å². The predicted octanol–water partition coefficient (Wildman–Crippen LogP) is 6.59. The second kappa shape index (κ2) is 9.26. The van der Waals surface area contributed by atoms with Crippen LogP contribution in [0, 0.1) is 11.3 Å². The predicted molar refractivity (Wildman–Crippen MR) is 130 cm³/mol. The third-order valence-electron chi connectivity index (χ3n) is 6.06. The average molecular weight is 528 g/mol. The zero-order valence-corrected chi connectivity index (χ0v) is 20.1. The van der Waals surface area contributed by atoms with Crippen molar-refractivity contribution in [1.82, 2.24) is 4.98 Å². The molecule has 3 aromatic rings. The number of anilines is 1. The zero-order valence-electron chi connectivity index (χ0n) is 18.6. The molecule has 10 heteroatoms. The molecule has 1 aromatic heterocycles. The number of alkyl halides is 3. The topological polar surface area (TPSA) is 74.1 Å². The van der Waals surface area contributed by atoms with Crippen molar-refractivity contribution in [2.45, 2.75) is 41.6 Å². The first-order valence-corrected chi connectivity index (χ1v) is 12.3. The van der Waals surface area contributed by atoms with Crippen LogP contribution >= 0.6 is 23.4 Å². The van der Waals surface area contributed by atoms with Gasteiger partial charge < -0.3 is 0 Å². The van der Waals surface area contributed by atoms with E-state index in [9.17, 15) is 28.0 Å². The quantitative estimate of drug-likeness (QED) is 0.350. The summed E-state index contributed by atoms with van der Waals surface area (Å²) in [5.41, 5.74) is 1.40. The molecule has 182 valence electrons. The van der Waals surface area contributed by atoms with Gasteiger partial charge in [0.05, 0.1) is 22.1 Å². The number of hydrogen-bond donors (Lipinski definition) is 0. The molecule has 2 aromatic carbocycles. The number of nitrogens with zero attached hydrogens (tertiary/aromatic N) is 3. The van der Waals surface area contributed by atoms with E-state index in [-0.39, 0.29) is 23.6 Å². The minimum atomic E-state index is -4.61. The lowest BCUT2D eigenvalue weighted by molar-refractivity contribution is -0.137. The molecule has 0 N–H and O–H groups in total. The Bertz CT molecular complexity index is 1420. The highest BCUT2D eigenvalue weighted by atomic mass is 35.5. The first-order chi connectivity index (χ1) is 17.2. The van der Waals surface area contributed by atoms with E-state index in [4.69, 9.17) is 11.6 Å². The standard InChI is InChI=1S/C26H17ClF3N3O2S/c27-17-8-6-14(7-9-17)19-11-21(15-4-5-15)32-24(20(19)13-31)36-22-12-23(34)33(25(22)35)18-3-1-2-16(10-18)26(28,29)30/h1-3,6-11,15,22H,4-5,12H2/t22-/m1/s1. The molecular formula is C26H17ClF3N3O2S. The number of pyridine rings is 1. The number of halogens is 4. The fourth-order valence-corrected chi connectivity index (χ4v) is 5.36. The van der Waals surface area contributed by atoms with Gasteiger partial charge in [-0.15, -0.1) is 0 Å². The monoisotopic (exact) mass is 527 g/mol. The molecule has 2 heterocycles. The van der Waals surface area contributed by atoms with Crippen LogP contribution in [0.3, 0.4) is 0 Å². The molecular weight excluding hydrogens is 511 g/mol. The SMILES string of the molecule is N#Cc1c(-c2ccc(Cl)cc2)cc(C2CC2)nc1S[C@@H]1CC(=O)N(c2cccc(C(F)(F)F)c2)C1=O. The number of nitriles is 1. The fourth-order valence-electron chi connectivity index (χ4n) is 4.10. The highest BCUT2D eigenvalue weighted by Crippen LogP contribution is 2.44. The fraction of sp³-hybridized carbons (Fsp3) is 0.231. The number of hydrogen-bond acceptors (Lipinski definition) is 5. The molecule has 2 aliphatic rings. The maximum Gasteiger partial charge on any atom is 0.416 e. The van der Waals surface area contributed by atoms with Crippen LogP contribution in [0.1, 0.15) is 42.0 Å². The van der Waals surface area contributed by atoms with Crippen LogP contribution < -0.4 is 4.90 Å². The zero-order chi connectivity index (χ0) is 25.6. The highest BCUT2D eigenvalue weighted by molar-refractivity contribution is 8.00. The molecule has 1 atom stereocenters. The van der Waals surface area contributed by atoms with E-state index in [1.165, 1.54) is 6.07 Å². The summed E-state index contributed by atoms with van der Waals surface area (Å²) in [6, 6.07) is 15.2. The summed E-state index contributed by atoms with van der Waals surface area (Å²) >= 11 is 7.02. The van der Waals surface area contributed by atoms with Crippen LogP contribution in [0.25, 0.3) is 11.1 Å². The second-order valence-electron chi connectivity index (χ2n) is 8.59. The number of amides is 2. The summed E-state index contributed by atoms with van der Waals surface area (Å²) in [6.45, 7) is 0. The summed E-state index contributed by atoms with van der Waals surface area (Å²) in [7, 11) is 0. The average Bonchev–Trinajstić information content (AvgIpc) is 3.65. The van der Waals surface area contributed by atoms with E-state index in [0.717, 1.165) is 59.0 Å². The molecule has 1 aliphatic heterocycles. The van der Waals surface area contributed by atoms with Crippen molar-refractivity contribution in [1.29, 1.82) is 5.26 Å². The van der Waals surface area contributed by atoms with E-state index in [1.807, 2.05) is 6.07 Å². The third kappa shape index (κ3) is 4.71. The van der Waals surface area contributed by atoms with E-state index >= 15 is 0 Å². The number of thioether (sulfide) groups is 1. The van der Waals surface area contributed by atoms with Gasteiger partial charge >= 0.3 is 6.18 Å². The number of carbonyl (C=O) groups is 2. The summed E-state index contributed by atoms with van der Waals surface area (Å²) in [5, 5.41) is 9.95. The van der Waals surface area contributed by atoms with Crippen LogP contribution in [0.15, 0.2) is 59.6 Å². The van der Waals surface area contributed by atoms with Crippen LogP contribution in [0.4, 0.5) is 18.9 Å². The van der Waals surface area contributed by atoms with Gasteiger partial charge in [-0.3, -0.25) is 9.59 Å². The molecule has 5 rings (SSSR count). The number of imide groups is 1. The minimum Gasteiger partial charge on any atom is -0.274 e. The Morgan fingerprint density at radius 3 is 2.44 bits per heavy atom. The Morgan fingerprint density at radius 1 is 1.08 bits per heavy atom. The smallest absolute Gasteiger partial charge is 0.274 e. The van der Waals surface area contributed by atoms with Crippen molar-refractivity contribution >= 4 is 40.9 Å². The van der Waals surface area contributed by atoms with Crippen molar-refractivity contribution in [2.24, 2.45) is 0 Å². The van der Waals surface area contributed by atoms with Crippen molar-refractivity contribution < 1.29 is 22.8 Å². The molecule has 5 nitrogen and oxygen atoms in total. The Kier molecular flexibility index (Phi) is 6.27. The molecule has 0 bridgehead atoms. The molecule has 1 aliphatic carbocycles. The van der Waals surface area contributed by atoms with Gasteiger partial charge in [0.1, 0.15) is 11.1 Å². The summed E-state index contributed by atoms with van der Waals surface area (Å²) in [6.07, 6.45) is -2.89. The number of benzene rings is 2. The lowest BCUT2D eigenvalue weighted by Gasteiger charge is -2.17. The Morgan fingerprint density at radius 2 is 1.81 bits per heavy atom. The van der Waals surface area contributed by atoms with Gasteiger partial charge in [-0.1, -0.05) is 41.6 Å². The molecule has 36 heavy (non-hydrogen) atoms. The minimum absolute atomic E-state index is 0.134. The van der Waals surface area contributed by atoms with Crippen molar-refractivity contribution in [3.8, 4) is 17.2 Å². The van der Waals surface area contributed by atoms with E-state index in [0.29, 0.717) is 15.6 Å². The van der Waals surface area contributed by atoms with Crippen LogP contribution in [0.2, 0.25) is 5.02 Å². The Hall–Kier alpha value is -3.35. The maximum absolute atomic E-state index is 13.2. The Balaban J connectivity index is 1.49. The molecule has 2 amide bonds. The van der Waals surface area contributed by atoms with Gasteiger partial charge in [0, 0.05) is 28.6 Å². The van der Waals surface area contributed by atoms with Gasteiger partial charge in [0.2, 0.25) is 11.8 Å². The molecule has 1 saturated carbocycles. The number of carbonyl (C=O) groups excluding carboxylic acids is 2. The van der Waals surface area contributed by atoms with Crippen LogP contribution in [-0.4, -0.2) is 22.0 Å². The Labute approximate surface area is 213 Å². The van der Waals surface area contributed by atoms with Gasteiger partial charge in [0.25, 0.3) is 0 Å². The lowest BCUT2D eigenvalue weighted by atomic mass is 10.0. The summed E-state index contributed by atoms with van der Waals surface area (Å²) < 4.78 is 39.5. The van der Waals surface area contributed by atoms with E-state index in [1.54, 1.807) is 24.3 Å². The molecule has 0 unspecified atom stereocenters. The van der Waals surface area contributed by atoms with Crippen molar-refractivity contribution in [3.63, 3.8) is 0 Å². The van der Waals surface area contributed by atoms with Crippen LogP contribution in [0.5, 0.6) is 0 Å². The molecule has 0 spiro atoms. The molecule has 0 radical (unpaired) electrons. The maximum atomic E-state index is 13.2. The number of aromatic nitrogens is 1. The van der Waals surface area contributed by atoms with Crippen molar-refractivity contribution in [2.75, 3.05) is 4.90 Å². The molecule has 2 fully saturated rings. The summed E-state index contributed by atoms with van der Waals surface area (Å²) in [5.74, 6) is -0.989. The first-order valence-electron chi connectivity index (χ1n) is 11.1. The van der Waals surface area contributed by atoms with Gasteiger partial charge in [-0.2, -0.15) is 18.4 Å².